The van der Waals surface area contributed by atoms with Gasteiger partial charge in [-0.15, -0.1) is 0 Å². The fourth-order valence-electron chi connectivity index (χ4n) is 2.70. The summed E-state index contributed by atoms with van der Waals surface area (Å²) in [7, 11) is 1.70. The van der Waals surface area contributed by atoms with Gasteiger partial charge in [0.2, 0.25) is 0 Å². The average molecular weight is 321 g/mol. The van der Waals surface area contributed by atoms with Crippen LogP contribution in [0.1, 0.15) is 28.4 Å². The van der Waals surface area contributed by atoms with Crippen molar-refractivity contribution in [2.24, 2.45) is 4.99 Å². The number of hydrogen-bond donors (Lipinski definition) is 1. The molecule has 0 spiro atoms. The van der Waals surface area contributed by atoms with Crippen LogP contribution in [0.4, 0.5) is 10.5 Å². The molecule has 0 bridgehead atoms. The predicted molar refractivity (Wildman–Crippen MR) is 94.8 cm³/mol. The molecule has 122 valence electrons. The lowest BCUT2D eigenvalue weighted by Crippen LogP contribution is -2.39. The van der Waals surface area contributed by atoms with Gasteiger partial charge < -0.3 is 10.2 Å². The highest BCUT2D eigenvalue weighted by molar-refractivity contribution is 6.18. The summed E-state index contributed by atoms with van der Waals surface area (Å²) < 4.78 is 0. The Morgan fingerprint density at radius 1 is 1.12 bits per heavy atom. The second-order valence-corrected chi connectivity index (χ2v) is 5.75. The van der Waals surface area contributed by atoms with Crippen molar-refractivity contribution in [2.75, 3.05) is 18.9 Å². The number of nitrogens with one attached hydrogen (secondary N) is 1. The van der Waals surface area contributed by atoms with E-state index < -0.39 is 6.03 Å². The molecular weight excluding hydrogens is 302 g/mol. The molecule has 0 aromatic heterocycles. The second kappa shape index (κ2) is 6.66. The number of aliphatic imine (C=N–C) groups is 1. The number of fused-ring (bicyclic) bond motifs is 1. The first-order chi connectivity index (χ1) is 11.6. The molecule has 0 radical (unpaired) electrons. The Bertz CT molecular complexity index is 810. The third-order valence-electron chi connectivity index (χ3n) is 4.05. The number of hydrogen-bond acceptors (Lipinski definition) is 2. The zero-order valence-electron chi connectivity index (χ0n) is 13.7. The van der Waals surface area contributed by atoms with E-state index in [1.807, 2.05) is 42.5 Å². The van der Waals surface area contributed by atoms with Gasteiger partial charge in [0, 0.05) is 23.9 Å². The first-order valence-corrected chi connectivity index (χ1v) is 7.91. The van der Waals surface area contributed by atoms with Gasteiger partial charge in [0.25, 0.3) is 5.91 Å². The van der Waals surface area contributed by atoms with Crippen LogP contribution < -0.4 is 5.32 Å². The quantitative estimate of drug-likeness (QED) is 0.922. The van der Waals surface area contributed by atoms with Gasteiger partial charge in [-0.3, -0.25) is 4.79 Å². The van der Waals surface area contributed by atoms with Crippen LogP contribution in [0.3, 0.4) is 0 Å². The lowest BCUT2D eigenvalue weighted by Gasteiger charge is -2.25. The van der Waals surface area contributed by atoms with Crippen molar-refractivity contribution in [3.8, 4) is 0 Å². The number of anilines is 1. The number of amides is 3. The van der Waals surface area contributed by atoms with E-state index in [0.29, 0.717) is 23.5 Å². The zero-order chi connectivity index (χ0) is 17.1. The highest BCUT2D eigenvalue weighted by atomic mass is 16.2. The van der Waals surface area contributed by atoms with Gasteiger partial charge in [0.05, 0.1) is 12.3 Å². The Morgan fingerprint density at radius 3 is 2.46 bits per heavy atom. The van der Waals surface area contributed by atoms with Crippen molar-refractivity contribution >= 4 is 23.3 Å². The molecule has 24 heavy (non-hydrogen) atoms. The van der Waals surface area contributed by atoms with E-state index in [4.69, 9.17) is 0 Å². The fraction of sp³-hybridized carbons (Fsp3) is 0.211. The van der Waals surface area contributed by atoms with E-state index in [2.05, 4.69) is 17.2 Å². The summed E-state index contributed by atoms with van der Waals surface area (Å²) in [5.74, 6) is -0.0555. The van der Waals surface area contributed by atoms with Crippen LogP contribution in [-0.4, -0.2) is 36.1 Å². The number of carbonyl (C=O) groups is 2. The Hall–Kier alpha value is -2.95. The van der Waals surface area contributed by atoms with Crippen LogP contribution >= 0.6 is 0 Å². The third kappa shape index (κ3) is 3.20. The molecule has 3 amide bonds. The standard InChI is InChI=1S/C19H19N3O2/c1-3-13-8-10-14(11-9-13)20-19(24)21-17-12-22(2)18(23)16-7-5-4-6-15(16)17/h4-11H,3,12H2,1-2H3,(H,20,24). The molecule has 5 heteroatoms. The van der Waals surface area contributed by atoms with Gasteiger partial charge in [-0.05, 0) is 30.2 Å². The molecule has 0 aliphatic carbocycles. The highest BCUT2D eigenvalue weighted by Crippen LogP contribution is 2.19. The number of carbonyl (C=O) groups excluding carboxylic acids is 2. The van der Waals surface area contributed by atoms with Gasteiger partial charge >= 0.3 is 6.03 Å². The van der Waals surface area contributed by atoms with Gasteiger partial charge in [-0.1, -0.05) is 37.3 Å². The Labute approximate surface area is 141 Å². The molecule has 5 nitrogen and oxygen atoms in total. The largest absolute Gasteiger partial charge is 0.345 e. The molecule has 1 heterocycles. The lowest BCUT2D eigenvalue weighted by molar-refractivity contribution is 0.0808. The average Bonchev–Trinajstić information content (AvgIpc) is 2.60. The summed E-state index contributed by atoms with van der Waals surface area (Å²) in [6.07, 6.45) is 0.952. The molecule has 1 aliphatic rings. The number of benzene rings is 2. The van der Waals surface area contributed by atoms with Crippen LogP contribution in [-0.2, 0) is 6.42 Å². The Kier molecular flexibility index (Phi) is 4.42. The molecule has 1 N–H and O–H groups in total. The van der Waals surface area contributed by atoms with Crippen LogP contribution in [0.5, 0.6) is 0 Å². The maximum atomic E-state index is 12.2. The van der Waals surface area contributed by atoms with Crippen LogP contribution in [0.25, 0.3) is 0 Å². The van der Waals surface area contributed by atoms with Gasteiger partial charge in [0.15, 0.2) is 0 Å². The molecule has 0 saturated carbocycles. The second-order valence-electron chi connectivity index (χ2n) is 5.75. The van der Waals surface area contributed by atoms with Crippen molar-refractivity contribution in [3.05, 3.63) is 65.2 Å². The van der Waals surface area contributed by atoms with Crippen LogP contribution in [0, 0.1) is 0 Å². The van der Waals surface area contributed by atoms with E-state index in [1.165, 1.54) is 5.56 Å². The van der Waals surface area contributed by atoms with E-state index in [0.717, 1.165) is 12.0 Å². The topological polar surface area (TPSA) is 61.8 Å². The van der Waals surface area contributed by atoms with E-state index in [9.17, 15) is 9.59 Å². The molecule has 1 aliphatic heterocycles. The van der Waals surface area contributed by atoms with Crippen LogP contribution in [0.2, 0.25) is 0 Å². The summed E-state index contributed by atoms with van der Waals surface area (Å²) in [6, 6.07) is 14.5. The normalized spacial score (nSPS) is 15.3. The van der Waals surface area contributed by atoms with Gasteiger partial charge in [0.1, 0.15) is 0 Å². The minimum Gasteiger partial charge on any atom is -0.336 e. The molecule has 0 saturated heterocycles. The zero-order valence-corrected chi connectivity index (χ0v) is 13.7. The SMILES string of the molecule is CCc1ccc(NC(=O)N=C2CN(C)C(=O)c3ccccc32)cc1. The summed E-state index contributed by atoms with van der Waals surface area (Å²) in [5, 5.41) is 2.77. The minimum atomic E-state index is -0.438. The predicted octanol–water partition coefficient (Wildman–Crippen LogP) is 3.36. The summed E-state index contributed by atoms with van der Waals surface area (Å²) in [5.41, 5.74) is 3.80. The van der Waals surface area contributed by atoms with E-state index in [-0.39, 0.29) is 5.91 Å². The molecule has 0 fully saturated rings. The van der Waals surface area contributed by atoms with E-state index >= 15 is 0 Å². The smallest absolute Gasteiger partial charge is 0.336 e. The van der Waals surface area contributed by atoms with E-state index in [1.54, 1.807) is 18.0 Å². The van der Waals surface area contributed by atoms with Gasteiger partial charge in [-0.25, -0.2) is 4.79 Å². The summed E-state index contributed by atoms with van der Waals surface area (Å²) in [6.45, 7) is 2.40. The third-order valence-corrected chi connectivity index (χ3v) is 4.05. The summed E-state index contributed by atoms with van der Waals surface area (Å²) in [4.78, 5) is 30.1. The number of rotatable bonds is 2. The maximum absolute atomic E-state index is 12.2. The van der Waals surface area contributed by atoms with Crippen molar-refractivity contribution in [1.29, 1.82) is 0 Å². The molecular formula is C19H19N3O2. The first-order valence-electron chi connectivity index (χ1n) is 7.91. The molecule has 3 rings (SSSR count). The fourth-order valence-corrected chi connectivity index (χ4v) is 2.70. The lowest BCUT2D eigenvalue weighted by atomic mass is 9.98. The number of aryl methyl sites for hydroxylation is 1. The minimum absolute atomic E-state index is 0.0555. The van der Waals surface area contributed by atoms with Crippen molar-refractivity contribution in [3.63, 3.8) is 0 Å². The Morgan fingerprint density at radius 2 is 1.79 bits per heavy atom. The van der Waals surface area contributed by atoms with Crippen LogP contribution in [0.15, 0.2) is 53.5 Å². The highest BCUT2D eigenvalue weighted by Gasteiger charge is 2.26. The molecule has 0 unspecified atom stereocenters. The van der Waals surface area contributed by atoms with Gasteiger partial charge in [-0.2, -0.15) is 4.99 Å². The number of likely N-dealkylation sites (N-methyl/N-ethyl adjacent to an activating group) is 1. The molecule has 0 atom stereocenters. The van der Waals surface area contributed by atoms with Crippen molar-refractivity contribution < 1.29 is 9.59 Å². The number of urea groups is 1. The van der Waals surface area contributed by atoms with Crippen molar-refractivity contribution in [1.82, 2.24) is 4.90 Å². The Balaban J connectivity index is 1.83. The molecule has 2 aromatic rings. The first kappa shape index (κ1) is 15.9. The monoisotopic (exact) mass is 321 g/mol. The number of nitrogens with zero attached hydrogens (tertiary/aromatic N) is 2. The molecule has 2 aromatic carbocycles. The van der Waals surface area contributed by atoms with Crippen molar-refractivity contribution in [2.45, 2.75) is 13.3 Å². The maximum Gasteiger partial charge on any atom is 0.345 e. The summed E-state index contributed by atoms with van der Waals surface area (Å²) >= 11 is 0.